The molecule has 2 heterocycles. The second kappa shape index (κ2) is 12.4. The third-order valence-electron chi connectivity index (χ3n) is 7.84. The van der Waals surface area contributed by atoms with E-state index in [0.717, 1.165) is 80.7 Å². The summed E-state index contributed by atoms with van der Waals surface area (Å²) < 4.78 is 34.6. The maximum atomic E-state index is 13.8. The number of anilines is 1. The van der Waals surface area contributed by atoms with E-state index in [1.807, 2.05) is 19.1 Å². The van der Waals surface area contributed by atoms with Crippen LogP contribution in [0.3, 0.4) is 0 Å². The van der Waals surface area contributed by atoms with Crippen molar-refractivity contribution in [3.63, 3.8) is 0 Å². The summed E-state index contributed by atoms with van der Waals surface area (Å²) in [5, 5.41) is 0.663. The molecule has 1 aromatic heterocycles. The van der Waals surface area contributed by atoms with E-state index in [0.29, 0.717) is 17.2 Å². The number of rotatable bonds is 9. The Bertz CT molecular complexity index is 1380. The molecule has 10 heteroatoms. The normalized spacial score (nSPS) is 17.6. The number of thiazole rings is 1. The highest BCUT2D eigenvalue weighted by Crippen LogP contribution is 2.31. The Morgan fingerprint density at radius 2 is 1.79 bits per heavy atom. The van der Waals surface area contributed by atoms with Gasteiger partial charge in [-0.25, -0.2) is 13.4 Å². The van der Waals surface area contributed by atoms with Crippen molar-refractivity contribution >= 4 is 42.6 Å². The monoisotopic (exact) mass is 570 g/mol. The van der Waals surface area contributed by atoms with Crippen LogP contribution in [0.4, 0.5) is 5.13 Å². The zero-order valence-electron chi connectivity index (χ0n) is 22.8. The van der Waals surface area contributed by atoms with Crippen LogP contribution in [-0.2, 0) is 14.8 Å². The summed E-state index contributed by atoms with van der Waals surface area (Å²) in [6.45, 7) is 6.74. The Kier molecular flexibility index (Phi) is 8.98. The molecule has 8 nitrogen and oxygen atoms in total. The van der Waals surface area contributed by atoms with Crippen LogP contribution in [0.25, 0.3) is 10.2 Å². The van der Waals surface area contributed by atoms with E-state index in [1.54, 1.807) is 36.2 Å². The molecule has 210 valence electrons. The van der Waals surface area contributed by atoms with Crippen molar-refractivity contribution in [2.45, 2.75) is 56.4 Å². The number of aryl methyl sites for hydroxylation is 1. The molecule has 1 aliphatic heterocycles. The number of aromatic nitrogens is 1. The lowest BCUT2D eigenvalue weighted by Gasteiger charge is -2.30. The van der Waals surface area contributed by atoms with Gasteiger partial charge in [-0.3, -0.25) is 14.6 Å². The lowest BCUT2D eigenvalue weighted by molar-refractivity contribution is 0.0376. The number of hydrogen-bond acceptors (Lipinski definition) is 7. The number of amides is 1. The Hall–Kier alpha value is -2.37. The van der Waals surface area contributed by atoms with Gasteiger partial charge >= 0.3 is 0 Å². The molecule has 1 saturated carbocycles. The Balaban J connectivity index is 1.35. The largest absolute Gasteiger partial charge is 0.379 e. The molecule has 2 aliphatic rings. The van der Waals surface area contributed by atoms with E-state index in [2.05, 4.69) is 11.0 Å². The molecule has 0 bridgehead atoms. The molecule has 0 unspecified atom stereocenters. The Labute approximate surface area is 235 Å². The van der Waals surface area contributed by atoms with Gasteiger partial charge in [0.25, 0.3) is 5.91 Å². The molecule has 1 amide bonds. The van der Waals surface area contributed by atoms with Gasteiger partial charge < -0.3 is 4.74 Å². The van der Waals surface area contributed by atoms with E-state index in [-0.39, 0.29) is 16.8 Å². The second-order valence-corrected chi connectivity index (χ2v) is 13.6. The highest BCUT2D eigenvalue weighted by molar-refractivity contribution is 7.89. The van der Waals surface area contributed by atoms with E-state index in [9.17, 15) is 13.2 Å². The number of ether oxygens (including phenoxy) is 1. The van der Waals surface area contributed by atoms with Gasteiger partial charge in [0, 0.05) is 44.8 Å². The van der Waals surface area contributed by atoms with Crippen molar-refractivity contribution in [3.8, 4) is 0 Å². The summed E-state index contributed by atoms with van der Waals surface area (Å²) in [5.41, 5.74) is 2.48. The van der Waals surface area contributed by atoms with Crippen LogP contribution in [0.5, 0.6) is 0 Å². The fourth-order valence-electron chi connectivity index (χ4n) is 5.43. The van der Waals surface area contributed by atoms with Gasteiger partial charge in [-0.05, 0) is 68.1 Å². The number of fused-ring (bicyclic) bond motifs is 1. The summed E-state index contributed by atoms with van der Waals surface area (Å²) in [4.78, 5) is 22.9. The van der Waals surface area contributed by atoms with Gasteiger partial charge in [-0.15, -0.1) is 0 Å². The van der Waals surface area contributed by atoms with E-state index < -0.39 is 10.0 Å². The maximum absolute atomic E-state index is 13.8. The molecular weight excluding hydrogens is 532 g/mol. The third-order valence-corrected chi connectivity index (χ3v) is 10.8. The summed E-state index contributed by atoms with van der Waals surface area (Å²) in [5.74, 6) is -0.169. The average molecular weight is 571 g/mol. The molecule has 2 aromatic carbocycles. The number of carbonyl (C=O) groups excluding carboxylic acids is 1. The summed E-state index contributed by atoms with van der Waals surface area (Å²) in [7, 11) is -1.94. The zero-order valence-corrected chi connectivity index (χ0v) is 24.5. The summed E-state index contributed by atoms with van der Waals surface area (Å²) >= 11 is 1.51. The molecule has 1 aliphatic carbocycles. The molecular formula is C29H38N4O4S2. The summed E-state index contributed by atoms with van der Waals surface area (Å²) in [6.07, 6.45) is 5.88. The van der Waals surface area contributed by atoms with Crippen molar-refractivity contribution in [1.29, 1.82) is 0 Å². The maximum Gasteiger partial charge on any atom is 0.260 e. The predicted octanol–water partition coefficient (Wildman–Crippen LogP) is 4.93. The van der Waals surface area contributed by atoms with E-state index in [4.69, 9.17) is 9.72 Å². The van der Waals surface area contributed by atoms with Crippen molar-refractivity contribution in [3.05, 3.63) is 53.6 Å². The van der Waals surface area contributed by atoms with Gasteiger partial charge in [0.1, 0.15) is 0 Å². The molecule has 0 N–H and O–H groups in total. The molecule has 1 saturated heterocycles. The first-order valence-corrected chi connectivity index (χ1v) is 16.2. The minimum atomic E-state index is -3.62. The second-order valence-electron chi connectivity index (χ2n) is 10.6. The number of benzene rings is 2. The van der Waals surface area contributed by atoms with Gasteiger partial charge in [-0.1, -0.05) is 36.7 Å². The number of carbonyl (C=O) groups is 1. The molecule has 39 heavy (non-hydrogen) atoms. The average Bonchev–Trinajstić information content (AvgIpc) is 3.38. The van der Waals surface area contributed by atoms with Crippen LogP contribution in [0.1, 0.15) is 54.4 Å². The summed E-state index contributed by atoms with van der Waals surface area (Å²) in [6, 6.07) is 12.5. The molecule has 2 fully saturated rings. The minimum absolute atomic E-state index is 0.0367. The van der Waals surface area contributed by atoms with Crippen LogP contribution in [0, 0.1) is 6.92 Å². The number of sulfonamides is 1. The fourth-order valence-corrected chi connectivity index (χ4v) is 7.93. The minimum Gasteiger partial charge on any atom is -0.379 e. The van der Waals surface area contributed by atoms with Crippen LogP contribution in [-0.4, -0.2) is 81.0 Å². The smallest absolute Gasteiger partial charge is 0.260 e. The van der Waals surface area contributed by atoms with Crippen molar-refractivity contribution in [2.75, 3.05) is 51.3 Å². The first-order valence-electron chi connectivity index (χ1n) is 13.9. The highest BCUT2D eigenvalue weighted by Gasteiger charge is 2.29. The first-order chi connectivity index (χ1) is 18.8. The number of hydrogen-bond donors (Lipinski definition) is 0. The number of morpholine rings is 1. The SMILES string of the molecule is Cc1ccc2nc(N(CCCN3CCOCC3)C(=O)c3ccc(S(=O)(=O)N(C)C4CCCCC4)cc3)sc2c1. The molecule has 0 radical (unpaired) electrons. The van der Waals surface area contributed by atoms with Crippen molar-refractivity contribution in [1.82, 2.24) is 14.2 Å². The van der Waals surface area contributed by atoms with Crippen LogP contribution < -0.4 is 4.90 Å². The number of nitrogens with zero attached hydrogens (tertiary/aromatic N) is 4. The van der Waals surface area contributed by atoms with Crippen LogP contribution >= 0.6 is 11.3 Å². The molecule has 0 spiro atoms. The van der Waals surface area contributed by atoms with Gasteiger partial charge in [0.2, 0.25) is 10.0 Å². The predicted molar refractivity (Wildman–Crippen MR) is 156 cm³/mol. The highest BCUT2D eigenvalue weighted by atomic mass is 32.2. The van der Waals surface area contributed by atoms with Crippen LogP contribution in [0.15, 0.2) is 47.4 Å². The van der Waals surface area contributed by atoms with Gasteiger partial charge in [0.05, 0.1) is 28.3 Å². The van der Waals surface area contributed by atoms with Crippen LogP contribution in [0.2, 0.25) is 0 Å². The van der Waals surface area contributed by atoms with Gasteiger partial charge in [-0.2, -0.15) is 4.31 Å². The van der Waals surface area contributed by atoms with E-state index >= 15 is 0 Å². The third kappa shape index (κ3) is 6.52. The van der Waals surface area contributed by atoms with Gasteiger partial charge in [0.15, 0.2) is 5.13 Å². The Morgan fingerprint density at radius 3 is 2.51 bits per heavy atom. The Morgan fingerprint density at radius 1 is 1.08 bits per heavy atom. The lowest BCUT2D eigenvalue weighted by atomic mass is 9.96. The first kappa shape index (κ1) is 28.2. The van der Waals surface area contributed by atoms with E-state index in [1.165, 1.54) is 22.1 Å². The lowest BCUT2D eigenvalue weighted by Crippen LogP contribution is -2.39. The van der Waals surface area contributed by atoms with Crippen molar-refractivity contribution in [2.24, 2.45) is 0 Å². The quantitative estimate of drug-likeness (QED) is 0.363. The molecule has 5 rings (SSSR count). The molecule has 0 atom stereocenters. The zero-order chi connectivity index (χ0) is 27.4. The topological polar surface area (TPSA) is 83.0 Å². The molecule has 3 aromatic rings. The fraction of sp³-hybridized carbons (Fsp3) is 0.517. The standard InChI is InChI=1S/C29H38N4O4S2/c1-22-9-14-26-27(21-22)38-29(30-26)33(16-6-15-32-17-19-37-20-18-32)28(34)23-10-12-25(13-11-23)39(35,36)31(2)24-7-4-3-5-8-24/h9-14,21,24H,3-8,15-20H2,1-2H3. The van der Waals surface area contributed by atoms with Crippen molar-refractivity contribution < 1.29 is 17.9 Å².